The molecule has 0 unspecified atom stereocenters. The standard InChI is InChI=1S/C15H22N2O3/c1-2-19-11-12-4-3-5-13(10-12)17-14(18)15(16)6-8-20-9-7-15/h3-5,10H,2,6-9,11,16H2,1H3,(H,17,18). The fourth-order valence-electron chi connectivity index (χ4n) is 2.18. The molecule has 0 aromatic heterocycles. The highest BCUT2D eigenvalue weighted by Gasteiger charge is 2.35. The highest BCUT2D eigenvalue weighted by molar-refractivity contribution is 5.98. The Hall–Kier alpha value is -1.43. The molecule has 20 heavy (non-hydrogen) atoms. The Labute approximate surface area is 119 Å². The minimum Gasteiger partial charge on any atom is -0.381 e. The van der Waals surface area contributed by atoms with E-state index in [4.69, 9.17) is 15.2 Å². The maximum absolute atomic E-state index is 12.3. The summed E-state index contributed by atoms with van der Waals surface area (Å²) in [5, 5.41) is 2.89. The number of anilines is 1. The van der Waals surface area contributed by atoms with Crippen LogP contribution in [0, 0.1) is 0 Å². The molecule has 0 saturated carbocycles. The van der Waals surface area contributed by atoms with Gasteiger partial charge in [0.1, 0.15) is 5.54 Å². The fourth-order valence-corrected chi connectivity index (χ4v) is 2.18. The molecule has 1 amide bonds. The minimum atomic E-state index is -0.825. The average Bonchev–Trinajstić information content (AvgIpc) is 2.46. The van der Waals surface area contributed by atoms with Crippen molar-refractivity contribution in [2.75, 3.05) is 25.1 Å². The van der Waals surface area contributed by atoms with Gasteiger partial charge in [0.2, 0.25) is 5.91 Å². The summed E-state index contributed by atoms with van der Waals surface area (Å²) in [7, 11) is 0. The van der Waals surface area contributed by atoms with Crippen LogP contribution in [-0.2, 0) is 20.9 Å². The van der Waals surface area contributed by atoms with Crippen LogP contribution in [0.25, 0.3) is 0 Å². The van der Waals surface area contributed by atoms with Crippen LogP contribution < -0.4 is 11.1 Å². The Morgan fingerprint density at radius 3 is 2.90 bits per heavy atom. The third kappa shape index (κ3) is 3.79. The second-order valence-electron chi connectivity index (χ2n) is 5.06. The molecule has 1 saturated heterocycles. The first-order valence-corrected chi connectivity index (χ1v) is 6.99. The van der Waals surface area contributed by atoms with Crippen molar-refractivity contribution in [2.45, 2.75) is 31.9 Å². The quantitative estimate of drug-likeness (QED) is 0.859. The molecule has 5 heteroatoms. The lowest BCUT2D eigenvalue weighted by molar-refractivity contribution is -0.124. The van der Waals surface area contributed by atoms with Crippen molar-refractivity contribution in [1.29, 1.82) is 0 Å². The predicted molar refractivity (Wildman–Crippen MR) is 77.4 cm³/mol. The predicted octanol–water partition coefficient (Wildman–Crippen LogP) is 1.67. The molecule has 0 bridgehead atoms. The molecule has 0 spiro atoms. The number of carbonyl (C=O) groups is 1. The number of nitrogens with one attached hydrogen (secondary N) is 1. The molecule has 0 radical (unpaired) electrons. The van der Waals surface area contributed by atoms with E-state index in [1.54, 1.807) is 0 Å². The fraction of sp³-hybridized carbons (Fsp3) is 0.533. The van der Waals surface area contributed by atoms with Crippen molar-refractivity contribution in [1.82, 2.24) is 0 Å². The average molecular weight is 278 g/mol. The van der Waals surface area contributed by atoms with E-state index in [9.17, 15) is 4.79 Å². The van der Waals surface area contributed by atoms with Gasteiger partial charge in [0.05, 0.1) is 6.61 Å². The maximum Gasteiger partial charge on any atom is 0.244 e. The second kappa shape index (κ2) is 6.83. The topological polar surface area (TPSA) is 73.6 Å². The summed E-state index contributed by atoms with van der Waals surface area (Å²) in [6, 6.07) is 7.64. The van der Waals surface area contributed by atoms with Gasteiger partial charge in [-0.05, 0) is 37.5 Å². The summed E-state index contributed by atoms with van der Waals surface area (Å²) in [6.45, 7) is 4.24. The molecule has 1 aliphatic rings. The number of carbonyl (C=O) groups excluding carboxylic acids is 1. The van der Waals surface area contributed by atoms with Gasteiger partial charge in [-0.1, -0.05) is 12.1 Å². The van der Waals surface area contributed by atoms with Crippen LogP contribution in [0.2, 0.25) is 0 Å². The number of hydrogen-bond acceptors (Lipinski definition) is 4. The summed E-state index contributed by atoms with van der Waals surface area (Å²) >= 11 is 0. The van der Waals surface area contributed by atoms with E-state index < -0.39 is 5.54 Å². The molecule has 0 aliphatic carbocycles. The van der Waals surface area contributed by atoms with Crippen molar-refractivity contribution < 1.29 is 14.3 Å². The van der Waals surface area contributed by atoms with Gasteiger partial charge in [-0.2, -0.15) is 0 Å². The lowest BCUT2D eigenvalue weighted by atomic mass is 9.90. The molecule has 0 atom stereocenters. The van der Waals surface area contributed by atoms with E-state index in [1.807, 2.05) is 31.2 Å². The van der Waals surface area contributed by atoms with E-state index in [0.717, 1.165) is 11.3 Å². The first-order chi connectivity index (χ1) is 9.64. The Morgan fingerprint density at radius 2 is 2.20 bits per heavy atom. The highest BCUT2D eigenvalue weighted by Crippen LogP contribution is 2.20. The van der Waals surface area contributed by atoms with Crippen LogP contribution in [0.5, 0.6) is 0 Å². The lowest BCUT2D eigenvalue weighted by Crippen LogP contribution is -2.54. The molecule has 110 valence electrons. The van der Waals surface area contributed by atoms with Crippen molar-refractivity contribution in [3.05, 3.63) is 29.8 Å². The zero-order chi connectivity index (χ0) is 14.4. The third-order valence-corrected chi connectivity index (χ3v) is 3.49. The zero-order valence-corrected chi connectivity index (χ0v) is 11.9. The molecule has 1 aliphatic heterocycles. The first kappa shape index (κ1) is 15.0. The molecule has 2 rings (SSSR count). The number of hydrogen-bond donors (Lipinski definition) is 2. The molecule has 3 N–H and O–H groups in total. The van der Waals surface area contributed by atoms with Gasteiger partial charge >= 0.3 is 0 Å². The number of rotatable bonds is 5. The Kier molecular flexibility index (Phi) is 5.11. The molecular formula is C15H22N2O3. The first-order valence-electron chi connectivity index (χ1n) is 6.99. The molecule has 1 fully saturated rings. The smallest absolute Gasteiger partial charge is 0.244 e. The van der Waals surface area contributed by atoms with Crippen molar-refractivity contribution in [3.8, 4) is 0 Å². The summed E-state index contributed by atoms with van der Waals surface area (Å²) in [5.41, 5.74) is 7.11. The molecule has 1 heterocycles. The van der Waals surface area contributed by atoms with Crippen molar-refractivity contribution >= 4 is 11.6 Å². The number of amides is 1. The van der Waals surface area contributed by atoms with Crippen LogP contribution in [0.3, 0.4) is 0 Å². The Balaban J connectivity index is 2.00. The second-order valence-corrected chi connectivity index (χ2v) is 5.06. The highest BCUT2D eigenvalue weighted by atomic mass is 16.5. The molecule has 5 nitrogen and oxygen atoms in total. The third-order valence-electron chi connectivity index (χ3n) is 3.49. The van der Waals surface area contributed by atoms with E-state index >= 15 is 0 Å². The van der Waals surface area contributed by atoms with E-state index in [2.05, 4.69) is 5.32 Å². The molecule has 1 aromatic rings. The van der Waals surface area contributed by atoms with Crippen molar-refractivity contribution in [3.63, 3.8) is 0 Å². The largest absolute Gasteiger partial charge is 0.381 e. The molecular weight excluding hydrogens is 256 g/mol. The monoisotopic (exact) mass is 278 g/mol. The lowest BCUT2D eigenvalue weighted by Gasteiger charge is -2.31. The maximum atomic E-state index is 12.3. The molecule has 1 aromatic carbocycles. The van der Waals surface area contributed by atoms with Crippen LogP contribution in [0.4, 0.5) is 5.69 Å². The Bertz CT molecular complexity index is 456. The number of benzene rings is 1. The van der Waals surface area contributed by atoms with Gasteiger partial charge in [-0.25, -0.2) is 0 Å². The summed E-state index contributed by atoms with van der Waals surface area (Å²) in [4.78, 5) is 12.3. The van der Waals surface area contributed by atoms with Gasteiger partial charge in [0.25, 0.3) is 0 Å². The van der Waals surface area contributed by atoms with E-state index in [-0.39, 0.29) is 5.91 Å². The van der Waals surface area contributed by atoms with E-state index in [0.29, 0.717) is 39.3 Å². The number of ether oxygens (including phenoxy) is 2. The van der Waals surface area contributed by atoms with Crippen LogP contribution in [-0.4, -0.2) is 31.3 Å². The SMILES string of the molecule is CCOCc1cccc(NC(=O)C2(N)CCOCC2)c1. The van der Waals surface area contributed by atoms with Crippen LogP contribution >= 0.6 is 0 Å². The summed E-state index contributed by atoms with van der Waals surface area (Å²) in [5.74, 6) is -0.144. The number of nitrogens with two attached hydrogens (primary N) is 1. The van der Waals surface area contributed by atoms with Gasteiger partial charge in [-0.3, -0.25) is 4.79 Å². The Morgan fingerprint density at radius 1 is 1.45 bits per heavy atom. The van der Waals surface area contributed by atoms with Crippen molar-refractivity contribution in [2.24, 2.45) is 5.73 Å². The normalized spacial score (nSPS) is 17.7. The summed E-state index contributed by atoms with van der Waals surface area (Å²) in [6.07, 6.45) is 1.11. The van der Waals surface area contributed by atoms with Gasteiger partial charge in [-0.15, -0.1) is 0 Å². The van der Waals surface area contributed by atoms with E-state index in [1.165, 1.54) is 0 Å². The minimum absolute atomic E-state index is 0.144. The van der Waals surface area contributed by atoms with Gasteiger partial charge < -0.3 is 20.5 Å². The van der Waals surface area contributed by atoms with Gasteiger partial charge in [0.15, 0.2) is 0 Å². The zero-order valence-electron chi connectivity index (χ0n) is 11.9. The summed E-state index contributed by atoms with van der Waals surface area (Å²) < 4.78 is 10.6. The van der Waals surface area contributed by atoms with Crippen LogP contribution in [0.15, 0.2) is 24.3 Å². The van der Waals surface area contributed by atoms with Gasteiger partial charge in [0, 0.05) is 25.5 Å². The van der Waals surface area contributed by atoms with Crippen LogP contribution in [0.1, 0.15) is 25.3 Å².